The zero-order valence-electron chi connectivity index (χ0n) is 16.3. The van der Waals surface area contributed by atoms with E-state index in [9.17, 15) is 9.59 Å². The minimum absolute atomic E-state index is 0.0455. The molecule has 148 valence electrons. The summed E-state index contributed by atoms with van der Waals surface area (Å²) in [4.78, 5) is 27.9. The predicted octanol–water partition coefficient (Wildman–Crippen LogP) is 3.98. The Bertz CT molecular complexity index is 882. The van der Waals surface area contributed by atoms with Crippen LogP contribution in [0.25, 0.3) is 0 Å². The van der Waals surface area contributed by atoms with Crippen molar-refractivity contribution in [1.82, 2.24) is 4.90 Å². The number of thiophene rings is 1. The molecule has 1 aromatic heterocycles. The lowest BCUT2D eigenvalue weighted by molar-refractivity contribution is -0.142. The fraction of sp³-hybridized carbons (Fsp3) is 0.455. The maximum atomic E-state index is 13.0. The Hall–Kier alpha value is -2.34. The van der Waals surface area contributed by atoms with E-state index in [1.165, 1.54) is 24.0 Å². The Kier molecular flexibility index (Phi) is 5.15. The number of piperidine rings is 1. The second-order valence-electron chi connectivity index (χ2n) is 7.49. The number of hydrogen-bond donors (Lipinski definition) is 0. The van der Waals surface area contributed by atoms with Gasteiger partial charge in [0.05, 0.1) is 19.6 Å². The Labute approximate surface area is 169 Å². The van der Waals surface area contributed by atoms with E-state index in [1.807, 2.05) is 41.5 Å². The fourth-order valence-electron chi connectivity index (χ4n) is 4.72. The monoisotopic (exact) mass is 399 g/mol. The molecule has 2 aromatic rings. The van der Waals surface area contributed by atoms with Gasteiger partial charge in [-0.25, -0.2) is 0 Å². The average Bonchev–Trinajstić information content (AvgIpc) is 3.31. The van der Waals surface area contributed by atoms with Crippen LogP contribution in [0, 0.1) is 0 Å². The summed E-state index contributed by atoms with van der Waals surface area (Å²) in [5.41, 5.74) is 2.29. The molecule has 0 N–H and O–H groups in total. The molecule has 0 saturated carbocycles. The minimum atomic E-state index is -0.203. The fourth-order valence-corrected chi connectivity index (χ4v) is 5.53. The molecule has 1 unspecified atom stereocenters. The van der Waals surface area contributed by atoms with Gasteiger partial charge in [-0.2, -0.15) is 0 Å². The lowest BCUT2D eigenvalue weighted by Crippen LogP contribution is -2.44. The largest absolute Gasteiger partial charge is 0.492 e. The minimum Gasteiger partial charge on any atom is -0.492 e. The van der Waals surface area contributed by atoms with E-state index in [0.29, 0.717) is 30.3 Å². The van der Waals surface area contributed by atoms with Gasteiger partial charge in [-0.3, -0.25) is 9.59 Å². The van der Waals surface area contributed by atoms with Gasteiger partial charge in [0, 0.05) is 18.5 Å². The summed E-state index contributed by atoms with van der Waals surface area (Å²) >= 11 is 1.43. The summed E-state index contributed by atoms with van der Waals surface area (Å²) in [6.07, 6.45) is 2.49. The van der Waals surface area contributed by atoms with E-state index in [2.05, 4.69) is 6.07 Å². The molecule has 6 heteroatoms. The van der Waals surface area contributed by atoms with E-state index in [0.717, 1.165) is 24.8 Å². The lowest BCUT2D eigenvalue weighted by atomic mass is 9.73. The molecule has 4 rings (SSSR count). The second kappa shape index (κ2) is 7.59. The Morgan fingerprint density at radius 3 is 2.68 bits per heavy atom. The molecule has 1 fully saturated rings. The number of carbonyl (C=O) groups excluding carboxylic acids is 2. The first kappa shape index (κ1) is 19.0. The van der Waals surface area contributed by atoms with E-state index < -0.39 is 0 Å². The van der Waals surface area contributed by atoms with Gasteiger partial charge in [0.2, 0.25) is 0 Å². The average molecular weight is 400 g/mol. The Morgan fingerprint density at radius 2 is 1.96 bits per heavy atom. The number of fused-ring (bicyclic) bond motifs is 2. The van der Waals surface area contributed by atoms with Crippen LogP contribution < -0.4 is 4.74 Å². The van der Waals surface area contributed by atoms with Crippen LogP contribution in [-0.2, 0) is 14.9 Å². The van der Waals surface area contributed by atoms with Crippen molar-refractivity contribution in [3.05, 3.63) is 51.7 Å². The van der Waals surface area contributed by atoms with Crippen LogP contribution in [0.3, 0.4) is 0 Å². The quantitative estimate of drug-likeness (QED) is 0.730. The molecule has 28 heavy (non-hydrogen) atoms. The number of amides is 1. The van der Waals surface area contributed by atoms with Gasteiger partial charge < -0.3 is 14.4 Å². The molecular weight excluding hydrogens is 374 g/mol. The maximum absolute atomic E-state index is 13.0. The van der Waals surface area contributed by atoms with Gasteiger partial charge in [-0.15, -0.1) is 11.3 Å². The third kappa shape index (κ3) is 3.09. The number of methoxy groups -OCH3 is 1. The van der Waals surface area contributed by atoms with Crippen molar-refractivity contribution in [2.75, 3.05) is 26.8 Å². The van der Waals surface area contributed by atoms with Crippen LogP contribution in [0.1, 0.15) is 52.9 Å². The smallest absolute Gasteiger partial charge is 0.313 e. The molecule has 1 aliphatic heterocycles. The lowest BCUT2D eigenvalue weighted by Gasteiger charge is -2.40. The third-order valence-corrected chi connectivity index (χ3v) is 7.00. The van der Waals surface area contributed by atoms with Crippen LogP contribution in [0.15, 0.2) is 35.7 Å². The zero-order chi connectivity index (χ0) is 19.7. The van der Waals surface area contributed by atoms with Crippen LogP contribution in [0.2, 0.25) is 0 Å². The van der Waals surface area contributed by atoms with Crippen molar-refractivity contribution in [1.29, 1.82) is 0 Å². The van der Waals surface area contributed by atoms with Crippen molar-refractivity contribution >= 4 is 23.2 Å². The van der Waals surface area contributed by atoms with E-state index in [4.69, 9.17) is 9.47 Å². The standard InChI is InChI=1S/C22H25NO4S/c1-3-27-18-8-13-28-19(18)20(24)23-11-9-22(10-12-23)14-16(21(25)26-2)15-6-4-5-7-17(15)22/h4-8,13,16H,3,9-12,14H2,1-2H3. The molecule has 0 radical (unpaired) electrons. The maximum Gasteiger partial charge on any atom is 0.313 e. The van der Waals surface area contributed by atoms with Crippen molar-refractivity contribution in [2.24, 2.45) is 0 Å². The number of likely N-dealkylation sites (tertiary alicyclic amines) is 1. The normalized spacial score (nSPS) is 20.1. The zero-order valence-corrected chi connectivity index (χ0v) is 17.1. The topological polar surface area (TPSA) is 55.8 Å². The summed E-state index contributed by atoms with van der Waals surface area (Å²) in [5, 5.41) is 1.90. The van der Waals surface area contributed by atoms with Gasteiger partial charge >= 0.3 is 5.97 Å². The van der Waals surface area contributed by atoms with E-state index >= 15 is 0 Å². The van der Waals surface area contributed by atoms with E-state index in [-0.39, 0.29) is 23.2 Å². The number of ether oxygens (including phenoxy) is 2. The molecule has 1 amide bonds. The van der Waals surface area contributed by atoms with Gasteiger partial charge in [0.15, 0.2) is 0 Å². The molecular formula is C22H25NO4S. The number of hydrogen-bond acceptors (Lipinski definition) is 5. The third-order valence-electron chi connectivity index (χ3n) is 6.12. The summed E-state index contributed by atoms with van der Waals surface area (Å²) in [6.45, 7) is 3.84. The summed E-state index contributed by atoms with van der Waals surface area (Å²) in [6, 6.07) is 10.1. The number of rotatable bonds is 4. The van der Waals surface area contributed by atoms with Crippen LogP contribution in [0.4, 0.5) is 0 Å². The van der Waals surface area contributed by atoms with Gasteiger partial charge in [-0.05, 0) is 48.8 Å². The molecule has 0 bridgehead atoms. The number of nitrogens with zero attached hydrogens (tertiary/aromatic N) is 1. The van der Waals surface area contributed by atoms with E-state index in [1.54, 1.807) is 0 Å². The molecule has 2 heterocycles. The SMILES string of the molecule is CCOc1ccsc1C(=O)N1CCC2(CC1)CC(C(=O)OC)c1ccccc12. The van der Waals surface area contributed by atoms with Crippen LogP contribution in [-0.4, -0.2) is 43.6 Å². The number of benzene rings is 1. The number of carbonyl (C=O) groups is 2. The highest BCUT2D eigenvalue weighted by Crippen LogP contribution is 2.52. The first-order valence-corrected chi connectivity index (χ1v) is 10.6. The van der Waals surface area contributed by atoms with Crippen molar-refractivity contribution in [3.8, 4) is 5.75 Å². The Morgan fingerprint density at radius 1 is 1.21 bits per heavy atom. The van der Waals surface area contributed by atoms with Crippen molar-refractivity contribution in [2.45, 2.75) is 37.5 Å². The van der Waals surface area contributed by atoms with Gasteiger partial charge in [0.1, 0.15) is 10.6 Å². The first-order valence-electron chi connectivity index (χ1n) is 9.76. The Balaban J connectivity index is 1.53. The summed E-state index contributed by atoms with van der Waals surface area (Å²) in [7, 11) is 1.45. The molecule has 1 aromatic carbocycles. The molecule has 1 aliphatic carbocycles. The highest BCUT2D eigenvalue weighted by Gasteiger charge is 2.48. The first-order chi connectivity index (χ1) is 13.6. The highest BCUT2D eigenvalue weighted by molar-refractivity contribution is 7.12. The van der Waals surface area contributed by atoms with Gasteiger partial charge in [0.25, 0.3) is 5.91 Å². The van der Waals surface area contributed by atoms with Crippen molar-refractivity contribution in [3.63, 3.8) is 0 Å². The predicted molar refractivity (Wildman–Crippen MR) is 108 cm³/mol. The van der Waals surface area contributed by atoms with Crippen LogP contribution >= 0.6 is 11.3 Å². The molecule has 5 nitrogen and oxygen atoms in total. The molecule has 1 spiro atoms. The molecule has 1 saturated heterocycles. The highest BCUT2D eigenvalue weighted by atomic mass is 32.1. The summed E-state index contributed by atoms with van der Waals surface area (Å²) in [5.74, 6) is 0.354. The van der Waals surface area contributed by atoms with Crippen molar-refractivity contribution < 1.29 is 19.1 Å². The number of esters is 1. The molecule has 2 aliphatic rings. The van der Waals surface area contributed by atoms with Gasteiger partial charge in [-0.1, -0.05) is 24.3 Å². The van der Waals surface area contributed by atoms with Crippen LogP contribution in [0.5, 0.6) is 5.75 Å². The second-order valence-corrected chi connectivity index (χ2v) is 8.40. The molecule has 1 atom stereocenters. The summed E-state index contributed by atoms with van der Waals surface area (Å²) < 4.78 is 10.6.